The maximum absolute atomic E-state index is 12.9. The Kier molecular flexibility index (Phi) is 4.48. The number of aryl methyl sites for hydroxylation is 1. The van der Waals surface area contributed by atoms with E-state index in [1.54, 1.807) is 11.3 Å². The Bertz CT molecular complexity index is 1180. The summed E-state index contributed by atoms with van der Waals surface area (Å²) in [4.78, 5) is 16.2. The van der Waals surface area contributed by atoms with Crippen molar-refractivity contribution in [2.24, 2.45) is 0 Å². The number of amides is 1. The lowest BCUT2D eigenvalue weighted by atomic mass is 10.1. The van der Waals surface area contributed by atoms with Crippen LogP contribution in [-0.4, -0.2) is 27.5 Å². The first-order valence-corrected chi connectivity index (χ1v) is 10.4. The molecule has 3 heterocycles. The predicted molar refractivity (Wildman–Crippen MR) is 113 cm³/mol. The van der Waals surface area contributed by atoms with E-state index >= 15 is 0 Å². The summed E-state index contributed by atoms with van der Waals surface area (Å²) >= 11 is 1.77. The molecule has 5 nitrogen and oxygen atoms in total. The number of benzene rings is 2. The van der Waals surface area contributed by atoms with Gasteiger partial charge >= 0.3 is 0 Å². The van der Waals surface area contributed by atoms with Gasteiger partial charge in [0.25, 0.3) is 5.91 Å². The highest BCUT2D eigenvalue weighted by atomic mass is 32.1. The second kappa shape index (κ2) is 7.29. The number of hydrogen-bond donors (Lipinski definition) is 0. The molecule has 0 bridgehead atoms. The van der Waals surface area contributed by atoms with Gasteiger partial charge in [-0.25, -0.2) is 0 Å². The number of carbonyl (C=O) groups is 1. The third kappa shape index (κ3) is 3.36. The van der Waals surface area contributed by atoms with E-state index in [9.17, 15) is 4.79 Å². The maximum atomic E-state index is 12.9. The average molecular weight is 401 g/mol. The Balaban J connectivity index is 1.34. The molecule has 2 aromatic heterocycles. The van der Waals surface area contributed by atoms with Gasteiger partial charge in [-0.05, 0) is 66.2 Å². The topological polar surface area (TPSA) is 59.2 Å². The molecule has 0 saturated carbocycles. The van der Waals surface area contributed by atoms with Gasteiger partial charge < -0.3 is 9.32 Å². The molecule has 1 aliphatic heterocycles. The van der Waals surface area contributed by atoms with Crippen LogP contribution in [0.1, 0.15) is 26.4 Å². The molecule has 0 spiro atoms. The lowest BCUT2D eigenvalue weighted by molar-refractivity contribution is 0.0736. The number of thiophene rings is 1. The zero-order chi connectivity index (χ0) is 19.8. The van der Waals surface area contributed by atoms with E-state index in [4.69, 9.17) is 4.42 Å². The van der Waals surface area contributed by atoms with Gasteiger partial charge in [-0.1, -0.05) is 18.2 Å². The minimum absolute atomic E-state index is 0.0551. The van der Waals surface area contributed by atoms with Crippen molar-refractivity contribution in [3.8, 4) is 22.9 Å². The number of nitrogens with zero attached hydrogens (tertiary/aromatic N) is 3. The highest BCUT2D eigenvalue weighted by Gasteiger charge is 2.22. The molecule has 0 fully saturated rings. The fourth-order valence-corrected chi connectivity index (χ4v) is 4.51. The zero-order valence-electron chi connectivity index (χ0n) is 16.0. The molecular formula is C23H19N3O2S. The van der Waals surface area contributed by atoms with E-state index in [1.807, 2.05) is 60.4 Å². The quantitative estimate of drug-likeness (QED) is 0.486. The van der Waals surface area contributed by atoms with Gasteiger partial charge in [0.05, 0.1) is 0 Å². The van der Waals surface area contributed by atoms with E-state index in [-0.39, 0.29) is 5.91 Å². The van der Waals surface area contributed by atoms with Crippen LogP contribution in [0.15, 0.2) is 64.4 Å². The molecule has 0 N–H and O–H groups in total. The fraction of sp³-hybridized carbons (Fsp3) is 0.174. The van der Waals surface area contributed by atoms with Gasteiger partial charge in [0, 0.05) is 34.7 Å². The maximum Gasteiger partial charge on any atom is 0.254 e. The minimum atomic E-state index is 0.0551. The zero-order valence-corrected chi connectivity index (χ0v) is 16.8. The molecule has 0 saturated heterocycles. The molecule has 29 heavy (non-hydrogen) atoms. The molecule has 0 aliphatic carbocycles. The van der Waals surface area contributed by atoms with Crippen LogP contribution in [0.4, 0.5) is 0 Å². The summed E-state index contributed by atoms with van der Waals surface area (Å²) in [7, 11) is 0. The van der Waals surface area contributed by atoms with Crippen LogP contribution in [0.2, 0.25) is 0 Å². The molecule has 1 aliphatic rings. The Morgan fingerprint density at radius 1 is 1.03 bits per heavy atom. The lowest BCUT2D eigenvalue weighted by Crippen LogP contribution is -2.35. The van der Waals surface area contributed by atoms with Crippen LogP contribution in [0.25, 0.3) is 22.9 Å². The van der Waals surface area contributed by atoms with Gasteiger partial charge in [-0.15, -0.1) is 21.5 Å². The summed E-state index contributed by atoms with van der Waals surface area (Å²) < 4.78 is 5.87. The number of fused-ring (bicyclic) bond motifs is 1. The van der Waals surface area contributed by atoms with Gasteiger partial charge in [0.2, 0.25) is 11.8 Å². The standard InChI is InChI=1S/C23H19N3O2S/c1-15-4-2-3-5-19(15)22-25-24-21(28-22)16-6-8-17(9-7-16)23(27)26-12-10-20-18(14-26)11-13-29-20/h2-9,11,13H,10,12,14H2,1H3. The predicted octanol–water partition coefficient (Wildman–Crippen LogP) is 4.97. The van der Waals surface area contributed by atoms with Crippen molar-refractivity contribution in [1.29, 1.82) is 0 Å². The molecule has 1 amide bonds. The van der Waals surface area contributed by atoms with E-state index in [2.05, 4.69) is 21.6 Å². The summed E-state index contributed by atoms with van der Waals surface area (Å²) in [5.41, 5.74) is 4.74. The Hall–Kier alpha value is -3.25. The third-order valence-corrected chi connectivity index (χ3v) is 6.30. The number of rotatable bonds is 3. The van der Waals surface area contributed by atoms with E-state index in [1.165, 1.54) is 10.4 Å². The summed E-state index contributed by atoms with van der Waals surface area (Å²) in [6, 6.07) is 17.4. The first-order chi connectivity index (χ1) is 14.2. The molecule has 5 rings (SSSR count). The smallest absolute Gasteiger partial charge is 0.254 e. The second-order valence-corrected chi connectivity index (χ2v) is 8.15. The first kappa shape index (κ1) is 17.8. The van der Waals surface area contributed by atoms with Crippen molar-refractivity contribution < 1.29 is 9.21 Å². The summed E-state index contributed by atoms with van der Waals surface area (Å²) in [6.45, 7) is 3.46. The molecule has 2 aromatic carbocycles. The summed E-state index contributed by atoms with van der Waals surface area (Å²) in [6.07, 6.45) is 0.931. The SMILES string of the molecule is Cc1ccccc1-c1nnc(-c2ccc(C(=O)N3CCc4sccc4C3)cc2)o1. The van der Waals surface area contributed by atoms with Crippen LogP contribution < -0.4 is 0 Å². The van der Waals surface area contributed by atoms with Gasteiger partial charge in [0.1, 0.15) is 0 Å². The normalized spacial score (nSPS) is 13.3. The van der Waals surface area contributed by atoms with Crippen molar-refractivity contribution in [1.82, 2.24) is 15.1 Å². The number of carbonyl (C=O) groups excluding carboxylic acids is 1. The van der Waals surface area contributed by atoms with E-state index in [0.29, 0.717) is 23.9 Å². The molecule has 0 unspecified atom stereocenters. The lowest BCUT2D eigenvalue weighted by Gasteiger charge is -2.27. The van der Waals surface area contributed by atoms with Crippen LogP contribution in [0.3, 0.4) is 0 Å². The van der Waals surface area contributed by atoms with Crippen LogP contribution in [0, 0.1) is 6.92 Å². The van der Waals surface area contributed by atoms with Crippen molar-refractivity contribution in [3.63, 3.8) is 0 Å². The van der Waals surface area contributed by atoms with Crippen LogP contribution in [0.5, 0.6) is 0 Å². The highest BCUT2D eigenvalue weighted by molar-refractivity contribution is 7.10. The highest BCUT2D eigenvalue weighted by Crippen LogP contribution is 2.28. The average Bonchev–Trinajstić information content (AvgIpc) is 3.43. The van der Waals surface area contributed by atoms with E-state index < -0.39 is 0 Å². The van der Waals surface area contributed by atoms with Gasteiger partial charge in [0.15, 0.2) is 0 Å². The van der Waals surface area contributed by atoms with Gasteiger partial charge in [-0.3, -0.25) is 4.79 Å². The Morgan fingerprint density at radius 3 is 2.66 bits per heavy atom. The Morgan fingerprint density at radius 2 is 1.83 bits per heavy atom. The molecule has 144 valence electrons. The van der Waals surface area contributed by atoms with Gasteiger partial charge in [-0.2, -0.15) is 0 Å². The largest absolute Gasteiger partial charge is 0.416 e. The molecule has 4 aromatic rings. The van der Waals surface area contributed by atoms with Crippen LogP contribution in [-0.2, 0) is 13.0 Å². The molecular weight excluding hydrogens is 382 g/mol. The van der Waals surface area contributed by atoms with Crippen LogP contribution >= 0.6 is 11.3 Å². The third-order valence-electron chi connectivity index (χ3n) is 5.27. The monoisotopic (exact) mass is 401 g/mol. The van der Waals surface area contributed by atoms with Crippen molar-refractivity contribution in [2.45, 2.75) is 19.9 Å². The minimum Gasteiger partial charge on any atom is -0.416 e. The van der Waals surface area contributed by atoms with Crippen molar-refractivity contribution >= 4 is 17.2 Å². The summed E-state index contributed by atoms with van der Waals surface area (Å²) in [5, 5.41) is 10.5. The number of aromatic nitrogens is 2. The fourth-order valence-electron chi connectivity index (χ4n) is 3.62. The number of hydrogen-bond acceptors (Lipinski definition) is 5. The second-order valence-electron chi connectivity index (χ2n) is 7.15. The molecule has 0 atom stereocenters. The summed E-state index contributed by atoms with van der Waals surface area (Å²) in [5.74, 6) is 1.00. The molecule has 0 radical (unpaired) electrons. The van der Waals surface area contributed by atoms with Crippen molar-refractivity contribution in [2.75, 3.05) is 6.54 Å². The van der Waals surface area contributed by atoms with Crippen molar-refractivity contribution in [3.05, 3.63) is 81.5 Å². The molecule has 6 heteroatoms. The first-order valence-electron chi connectivity index (χ1n) is 9.53. The van der Waals surface area contributed by atoms with E-state index in [0.717, 1.165) is 29.7 Å². The Labute approximate surface area is 172 Å².